The van der Waals surface area contributed by atoms with Crippen LogP contribution >= 0.6 is 0 Å². The highest BCUT2D eigenvalue weighted by Gasteiger charge is 2.42. The van der Waals surface area contributed by atoms with Crippen LogP contribution in [-0.2, 0) is 11.8 Å². The molecule has 2 amide bonds. The molecule has 40 heavy (non-hydrogen) atoms. The van der Waals surface area contributed by atoms with Gasteiger partial charge in [0.1, 0.15) is 11.1 Å². The van der Waals surface area contributed by atoms with E-state index in [-0.39, 0.29) is 23.7 Å². The molecule has 0 spiro atoms. The van der Waals surface area contributed by atoms with Gasteiger partial charge in [-0.05, 0) is 58.6 Å². The lowest BCUT2D eigenvalue weighted by Gasteiger charge is -2.43. The number of rotatable bonds is 4. The maximum absolute atomic E-state index is 14.6. The van der Waals surface area contributed by atoms with Crippen LogP contribution in [0.2, 0.25) is 0 Å². The van der Waals surface area contributed by atoms with Crippen molar-refractivity contribution in [2.24, 2.45) is 13.0 Å². The molecular formula is C29H34FN7O3. The Hall–Kier alpha value is -4.15. The number of pyridine rings is 1. The van der Waals surface area contributed by atoms with E-state index in [2.05, 4.69) is 20.3 Å². The largest absolute Gasteiger partial charge is 0.444 e. The van der Waals surface area contributed by atoms with Crippen molar-refractivity contribution in [1.29, 1.82) is 0 Å². The van der Waals surface area contributed by atoms with Crippen molar-refractivity contribution >= 4 is 39.9 Å². The van der Waals surface area contributed by atoms with E-state index in [1.807, 2.05) is 45.0 Å². The van der Waals surface area contributed by atoms with Crippen LogP contribution in [0.25, 0.3) is 16.6 Å². The predicted octanol–water partition coefficient (Wildman–Crippen LogP) is 4.76. The number of fused-ring (bicyclic) bond motifs is 2. The quantitative estimate of drug-likeness (QED) is 0.396. The van der Waals surface area contributed by atoms with Crippen LogP contribution in [-0.4, -0.2) is 67.3 Å². The summed E-state index contributed by atoms with van der Waals surface area (Å²) in [5.74, 6) is -0.432. The lowest BCUT2D eigenvalue weighted by atomic mass is 10.0. The molecule has 2 fully saturated rings. The molecule has 1 aliphatic carbocycles. The zero-order valence-electron chi connectivity index (χ0n) is 23.4. The Bertz CT molecular complexity index is 1630. The number of carbonyl (C=O) groups excluding carboxylic acids is 2. The van der Waals surface area contributed by atoms with Gasteiger partial charge in [0.05, 0.1) is 23.0 Å². The standard InChI is InChI=1S/C29H34FN7O3/c1-17-13-36-14-19(12-22(30)26(36)31-17)32-27(38)20-8-9-23(21-15-34(5)33-25(20)21)35-10-11-37(24(16-35)18-6-7-18)28(39)40-29(2,3)4/h8-9,12-15,18,24H,6-7,10-11,16H2,1-5H3,(H,32,38). The first-order valence-electron chi connectivity index (χ1n) is 13.6. The molecule has 1 saturated carbocycles. The second kappa shape index (κ2) is 9.50. The van der Waals surface area contributed by atoms with Gasteiger partial charge in [0.2, 0.25) is 0 Å². The van der Waals surface area contributed by atoms with Crippen molar-refractivity contribution in [3.63, 3.8) is 0 Å². The monoisotopic (exact) mass is 547 g/mol. The molecule has 11 heteroatoms. The number of hydrogen-bond acceptors (Lipinski definition) is 6. The SMILES string of the molecule is Cc1cn2cc(NC(=O)c3ccc(N4CCN(C(=O)OC(C)(C)C)C(C5CC5)C4)c4cn(C)nc34)cc(F)c2n1. The zero-order chi connectivity index (χ0) is 28.3. The van der Waals surface area contributed by atoms with Gasteiger partial charge in [-0.2, -0.15) is 5.10 Å². The third-order valence-corrected chi connectivity index (χ3v) is 7.45. The van der Waals surface area contributed by atoms with Gasteiger partial charge < -0.3 is 24.3 Å². The smallest absolute Gasteiger partial charge is 0.410 e. The number of amides is 2. The van der Waals surface area contributed by atoms with Crippen molar-refractivity contribution in [3.05, 3.63) is 53.9 Å². The fraction of sp³-hybridized carbons (Fsp3) is 0.448. The van der Waals surface area contributed by atoms with E-state index in [1.54, 1.807) is 34.5 Å². The normalized spacial score (nSPS) is 18.0. The molecule has 0 bridgehead atoms. The maximum Gasteiger partial charge on any atom is 0.410 e. The second-order valence-corrected chi connectivity index (χ2v) is 11.9. The van der Waals surface area contributed by atoms with Gasteiger partial charge in [-0.3, -0.25) is 9.48 Å². The lowest BCUT2D eigenvalue weighted by Crippen LogP contribution is -2.57. The number of benzene rings is 1. The number of carbonyl (C=O) groups is 2. The van der Waals surface area contributed by atoms with Gasteiger partial charge in [-0.25, -0.2) is 14.2 Å². The summed E-state index contributed by atoms with van der Waals surface area (Å²) in [7, 11) is 1.82. The summed E-state index contributed by atoms with van der Waals surface area (Å²) in [6.45, 7) is 9.33. The van der Waals surface area contributed by atoms with Crippen LogP contribution in [0.4, 0.5) is 20.6 Å². The molecule has 10 nitrogen and oxygen atoms in total. The molecule has 2 aliphatic rings. The number of aryl methyl sites for hydroxylation is 2. The number of ether oxygens (including phenoxy) is 1. The fourth-order valence-corrected chi connectivity index (χ4v) is 5.57. The Morgan fingerprint density at radius 1 is 1.12 bits per heavy atom. The van der Waals surface area contributed by atoms with E-state index in [9.17, 15) is 14.0 Å². The van der Waals surface area contributed by atoms with Gasteiger partial charge in [0, 0.05) is 62.4 Å². The minimum absolute atomic E-state index is 0.0647. The molecule has 1 aromatic carbocycles. The predicted molar refractivity (Wildman–Crippen MR) is 150 cm³/mol. The Morgan fingerprint density at radius 3 is 2.62 bits per heavy atom. The summed E-state index contributed by atoms with van der Waals surface area (Å²) in [6, 6.07) is 5.04. The summed E-state index contributed by atoms with van der Waals surface area (Å²) in [5, 5.41) is 8.28. The molecular weight excluding hydrogens is 513 g/mol. The van der Waals surface area contributed by atoms with Crippen molar-refractivity contribution in [2.75, 3.05) is 29.9 Å². The highest BCUT2D eigenvalue weighted by Crippen LogP contribution is 2.39. The molecule has 1 N–H and O–H groups in total. The van der Waals surface area contributed by atoms with Crippen LogP contribution in [0.1, 0.15) is 49.7 Å². The number of anilines is 2. The van der Waals surface area contributed by atoms with Crippen molar-refractivity contribution in [2.45, 2.75) is 52.2 Å². The number of aromatic nitrogens is 4. The maximum atomic E-state index is 14.6. The molecule has 0 radical (unpaired) electrons. The molecule has 1 saturated heterocycles. The van der Waals surface area contributed by atoms with Gasteiger partial charge in [0.15, 0.2) is 11.5 Å². The third kappa shape index (κ3) is 4.96. The molecule has 6 rings (SSSR count). The van der Waals surface area contributed by atoms with Crippen LogP contribution in [0, 0.1) is 18.7 Å². The van der Waals surface area contributed by atoms with E-state index in [0.717, 1.165) is 23.9 Å². The Kier molecular flexibility index (Phi) is 6.19. The molecule has 1 unspecified atom stereocenters. The summed E-state index contributed by atoms with van der Waals surface area (Å²) < 4.78 is 23.6. The van der Waals surface area contributed by atoms with Crippen LogP contribution in [0.3, 0.4) is 0 Å². The van der Waals surface area contributed by atoms with E-state index in [1.165, 1.54) is 6.07 Å². The first-order valence-corrected chi connectivity index (χ1v) is 13.6. The molecule has 4 heterocycles. The Labute approximate surface area is 231 Å². The Morgan fingerprint density at radius 2 is 1.90 bits per heavy atom. The third-order valence-electron chi connectivity index (χ3n) is 7.45. The number of nitrogens with zero attached hydrogens (tertiary/aromatic N) is 6. The summed E-state index contributed by atoms with van der Waals surface area (Å²) in [4.78, 5) is 34.7. The van der Waals surface area contributed by atoms with Crippen LogP contribution in [0.5, 0.6) is 0 Å². The average molecular weight is 548 g/mol. The number of piperazine rings is 1. The molecule has 1 aliphatic heterocycles. The number of halogens is 1. The number of imidazole rings is 1. The number of nitrogens with one attached hydrogen (secondary N) is 1. The summed E-state index contributed by atoms with van der Waals surface area (Å²) in [6.07, 6.45) is 7.20. The van der Waals surface area contributed by atoms with Crippen LogP contribution < -0.4 is 10.2 Å². The molecule has 4 aromatic rings. The van der Waals surface area contributed by atoms with E-state index >= 15 is 0 Å². The summed E-state index contributed by atoms with van der Waals surface area (Å²) in [5.41, 5.74) is 2.60. The van der Waals surface area contributed by atoms with E-state index in [0.29, 0.717) is 48.0 Å². The second-order valence-electron chi connectivity index (χ2n) is 11.9. The Balaban J connectivity index is 1.27. The van der Waals surface area contributed by atoms with Crippen molar-refractivity contribution in [3.8, 4) is 0 Å². The minimum atomic E-state index is -0.546. The minimum Gasteiger partial charge on any atom is -0.444 e. The molecule has 3 aromatic heterocycles. The highest BCUT2D eigenvalue weighted by molar-refractivity contribution is 6.13. The van der Waals surface area contributed by atoms with E-state index < -0.39 is 11.4 Å². The zero-order valence-corrected chi connectivity index (χ0v) is 23.4. The molecule has 210 valence electrons. The first kappa shape index (κ1) is 26.1. The highest BCUT2D eigenvalue weighted by atomic mass is 19.1. The fourth-order valence-electron chi connectivity index (χ4n) is 5.57. The lowest BCUT2D eigenvalue weighted by molar-refractivity contribution is 0.0116. The summed E-state index contributed by atoms with van der Waals surface area (Å²) >= 11 is 0. The topological polar surface area (TPSA) is 97.0 Å². The molecule has 1 atom stereocenters. The average Bonchev–Trinajstić information content (AvgIpc) is 3.54. The van der Waals surface area contributed by atoms with Crippen LogP contribution in [0.15, 0.2) is 36.8 Å². The first-order chi connectivity index (χ1) is 19.0. The van der Waals surface area contributed by atoms with Gasteiger partial charge in [-0.15, -0.1) is 0 Å². The van der Waals surface area contributed by atoms with Crippen molar-refractivity contribution in [1.82, 2.24) is 24.1 Å². The number of hydrogen-bond donors (Lipinski definition) is 1. The van der Waals surface area contributed by atoms with Gasteiger partial charge >= 0.3 is 6.09 Å². The van der Waals surface area contributed by atoms with Gasteiger partial charge in [0.25, 0.3) is 5.91 Å². The van der Waals surface area contributed by atoms with E-state index in [4.69, 9.17) is 4.74 Å². The van der Waals surface area contributed by atoms with Crippen molar-refractivity contribution < 1.29 is 18.7 Å². The van der Waals surface area contributed by atoms with Gasteiger partial charge in [-0.1, -0.05) is 0 Å².